The number of hydrogen-bond donors (Lipinski definition) is 2. The number of rotatable bonds is 7. The highest BCUT2D eigenvalue weighted by molar-refractivity contribution is 6.06. The maximum absolute atomic E-state index is 12.8. The fraction of sp³-hybridized carbons (Fsp3) is 0.263. The van der Waals surface area contributed by atoms with E-state index in [2.05, 4.69) is 15.4 Å². The standard InChI is InChI=1S/C19H20N4O4/c1-3-23-17-14(10-21-23)13(18(24)20-11-16(27-2)19(25)26)9-15(22-17)12-7-5-4-6-8-12/h4-10,16H,3,11H2,1-2H3,(H,20,24)(H,25,26). The minimum atomic E-state index is -1.14. The van der Waals surface area contributed by atoms with Crippen molar-refractivity contribution in [3.63, 3.8) is 0 Å². The van der Waals surface area contributed by atoms with Gasteiger partial charge in [-0.25, -0.2) is 14.5 Å². The van der Waals surface area contributed by atoms with E-state index in [9.17, 15) is 9.59 Å². The van der Waals surface area contributed by atoms with Gasteiger partial charge in [0.05, 0.1) is 29.4 Å². The van der Waals surface area contributed by atoms with Crippen molar-refractivity contribution in [3.8, 4) is 11.3 Å². The van der Waals surface area contributed by atoms with Crippen molar-refractivity contribution in [3.05, 3.63) is 48.2 Å². The summed E-state index contributed by atoms with van der Waals surface area (Å²) in [5.74, 6) is -1.54. The number of hydrogen-bond acceptors (Lipinski definition) is 5. The molecule has 0 spiro atoms. The van der Waals surface area contributed by atoms with E-state index in [0.29, 0.717) is 28.8 Å². The van der Waals surface area contributed by atoms with Crippen LogP contribution in [0.3, 0.4) is 0 Å². The number of carbonyl (C=O) groups excluding carboxylic acids is 1. The van der Waals surface area contributed by atoms with Crippen LogP contribution in [0, 0.1) is 0 Å². The van der Waals surface area contributed by atoms with E-state index in [0.717, 1.165) is 5.56 Å². The van der Waals surface area contributed by atoms with E-state index in [-0.39, 0.29) is 6.54 Å². The lowest BCUT2D eigenvalue weighted by atomic mass is 10.1. The number of fused-ring (bicyclic) bond motifs is 1. The van der Waals surface area contributed by atoms with E-state index in [1.807, 2.05) is 37.3 Å². The number of carboxylic acid groups (broad SMARTS) is 1. The summed E-state index contributed by atoms with van der Waals surface area (Å²) in [6, 6.07) is 11.2. The molecule has 0 saturated carbocycles. The maximum Gasteiger partial charge on any atom is 0.334 e. The molecule has 2 aromatic heterocycles. The number of nitrogens with zero attached hydrogens (tertiary/aromatic N) is 3. The van der Waals surface area contributed by atoms with E-state index in [1.54, 1.807) is 16.9 Å². The third-order valence-electron chi connectivity index (χ3n) is 4.23. The molecule has 0 radical (unpaired) electrons. The Kier molecular flexibility index (Phi) is 5.46. The first-order valence-corrected chi connectivity index (χ1v) is 8.51. The first kappa shape index (κ1) is 18.5. The van der Waals surface area contributed by atoms with Gasteiger partial charge in [0, 0.05) is 19.2 Å². The van der Waals surface area contributed by atoms with Gasteiger partial charge in [0.2, 0.25) is 0 Å². The number of ether oxygens (including phenoxy) is 1. The van der Waals surface area contributed by atoms with Crippen LogP contribution < -0.4 is 5.32 Å². The Balaban J connectivity index is 2.01. The van der Waals surface area contributed by atoms with Crippen LogP contribution in [0.5, 0.6) is 0 Å². The second-order valence-corrected chi connectivity index (χ2v) is 5.89. The molecule has 0 aliphatic rings. The summed E-state index contributed by atoms with van der Waals surface area (Å²) < 4.78 is 6.57. The molecule has 2 N–H and O–H groups in total. The summed E-state index contributed by atoms with van der Waals surface area (Å²) in [5.41, 5.74) is 2.51. The number of pyridine rings is 1. The quantitative estimate of drug-likeness (QED) is 0.660. The molecular formula is C19H20N4O4. The molecule has 8 nitrogen and oxygen atoms in total. The zero-order valence-corrected chi connectivity index (χ0v) is 15.0. The predicted molar refractivity (Wildman–Crippen MR) is 99.4 cm³/mol. The van der Waals surface area contributed by atoms with Crippen molar-refractivity contribution in [2.75, 3.05) is 13.7 Å². The van der Waals surface area contributed by atoms with Crippen molar-refractivity contribution in [2.24, 2.45) is 0 Å². The Hall–Kier alpha value is -3.26. The van der Waals surface area contributed by atoms with Crippen LogP contribution in [0.4, 0.5) is 0 Å². The molecule has 27 heavy (non-hydrogen) atoms. The third kappa shape index (κ3) is 3.80. The number of amides is 1. The van der Waals surface area contributed by atoms with E-state index in [4.69, 9.17) is 9.84 Å². The average molecular weight is 368 g/mol. The fourth-order valence-corrected chi connectivity index (χ4v) is 2.78. The molecule has 0 bridgehead atoms. The van der Waals surface area contributed by atoms with Crippen LogP contribution in [-0.2, 0) is 16.1 Å². The smallest absolute Gasteiger partial charge is 0.334 e. The van der Waals surface area contributed by atoms with Gasteiger partial charge in [0.15, 0.2) is 11.8 Å². The van der Waals surface area contributed by atoms with E-state index >= 15 is 0 Å². The number of benzene rings is 1. The van der Waals surface area contributed by atoms with Gasteiger partial charge in [-0.3, -0.25) is 4.79 Å². The van der Waals surface area contributed by atoms with Gasteiger partial charge in [0.1, 0.15) is 0 Å². The number of aromatic nitrogens is 3. The minimum absolute atomic E-state index is 0.142. The van der Waals surface area contributed by atoms with Gasteiger partial charge >= 0.3 is 5.97 Å². The molecule has 0 fully saturated rings. The molecule has 1 aromatic carbocycles. The third-order valence-corrected chi connectivity index (χ3v) is 4.23. The van der Waals surface area contributed by atoms with Crippen molar-refractivity contribution >= 4 is 22.9 Å². The molecule has 0 aliphatic heterocycles. The number of aliphatic carboxylic acids is 1. The molecule has 0 aliphatic carbocycles. The minimum Gasteiger partial charge on any atom is -0.479 e. The van der Waals surface area contributed by atoms with Crippen LogP contribution >= 0.6 is 0 Å². The summed E-state index contributed by atoms with van der Waals surface area (Å²) in [6.07, 6.45) is 0.485. The number of carboxylic acids is 1. The molecule has 2 heterocycles. The van der Waals surface area contributed by atoms with Gasteiger partial charge in [-0.05, 0) is 13.0 Å². The molecule has 1 atom stereocenters. The molecule has 3 rings (SSSR count). The van der Waals surface area contributed by atoms with Gasteiger partial charge in [-0.1, -0.05) is 30.3 Å². The first-order valence-electron chi connectivity index (χ1n) is 8.51. The second-order valence-electron chi connectivity index (χ2n) is 5.89. The molecule has 1 amide bonds. The first-order chi connectivity index (χ1) is 13.0. The zero-order valence-electron chi connectivity index (χ0n) is 15.0. The van der Waals surface area contributed by atoms with Gasteiger partial charge in [0.25, 0.3) is 5.91 Å². The average Bonchev–Trinajstić information content (AvgIpc) is 3.11. The Morgan fingerprint density at radius 2 is 2.04 bits per heavy atom. The Bertz CT molecular complexity index is 969. The van der Waals surface area contributed by atoms with E-state index in [1.165, 1.54) is 7.11 Å². The summed E-state index contributed by atoms with van der Waals surface area (Å²) in [6.45, 7) is 2.41. The topological polar surface area (TPSA) is 106 Å². The van der Waals surface area contributed by atoms with Crippen LogP contribution in [0.2, 0.25) is 0 Å². The molecule has 8 heteroatoms. The van der Waals surface area contributed by atoms with Gasteiger partial charge < -0.3 is 15.2 Å². The molecule has 3 aromatic rings. The summed E-state index contributed by atoms with van der Waals surface area (Å²) in [5, 5.41) is 16.6. The van der Waals surface area contributed by atoms with Crippen LogP contribution in [0.15, 0.2) is 42.6 Å². The highest BCUT2D eigenvalue weighted by Crippen LogP contribution is 2.24. The van der Waals surface area contributed by atoms with E-state index < -0.39 is 18.0 Å². The van der Waals surface area contributed by atoms with Crippen molar-refractivity contribution in [1.29, 1.82) is 0 Å². The SMILES string of the molecule is CCn1ncc2c(C(=O)NCC(OC)C(=O)O)cc(-c3ccccc3)nc21. The molecule has 1 unspecified atom stereocenters. The maximum atomic E-state index is 12.8. The summed E-state index contributed by atoms with van der Waals surface area (Å²) in [4.78, 5) is 28.5. The monoisotopic (exact) mass is 368 g/mol. The lowest BCUT2D eigenvalue weighted by Crippen LogP contribution is -2.37. The van der Waals surface area contributed by atoms with Gasteiger partial charge in [-0.2, -0.15) is 5.10 Å². The summed E-state index contributed by atoms with van der Waals surface area (Å²) >= 11 is 0. The number of aryl methyl sites for hydroxylation is 1. The highest BCUT2D eigenvalue weighted by Gasteiger charge is 2.21. The van der Waals surface area contributed by atoms with Crippen molar-refractivity contribution < 1.29 is 19.4 Å². The van der Waals surface area contributed by atoms with Crippen molar-refractivity contribution in [2.45, 2.75) is 19.6 Å². The van der Waals surface area contributed by atoms with Crippen LogP contribution in [-0.4, -0.2) is 51.5 Å². The molecular weight excluding hydrogens is 348 g/mol. The highest BCUT2D eigenvalue weighted by atomic mass is 16.5. The Labute approximate surface area is 155 Å². The lowest BCUT2D eigenvalue weighted by Gasteiger charge is -2.13. The fourth-order valence-electron chi connectivity index (χ4n) is 2.78. The largest absolute Gasteiger partial charge is 0.479 e. The normalized spacial score (nSPS) is 12.1. The molecule has 140 valence electrons. The van der Waals surface area contributed by atoms with Crippen LogP contribution in [0.1, 0.15) is 17.3 Å². The number of methoxy groups -OCH3 is 1. The summed E-state index contributed by atoms with van der Waals surface area (Å²) in [7, 11) is 1.29. The second kappa shape index (κ2) is 7.96. The Morgan fingerprint density at radius 3 is 2.67 bits per heavy atom. The Morgan fingerprint density at radius 1 is 1.30 bits per heavy atom. The van der Waals surface area contributed by atoms with Crippen molar-refractivity contribution in [1.82, 2.24) is 20.1 Å². The lowest BCUT2D eigenvalue weighted by molar-refractivity contribution is -0.148. The zero-order chi connectivity index (χ0) is 19.4. The van der Waals surface area contributed by atoms with Gasteiger partial charge in [-0.15, -0.1) is 0 Å². The predicted octanol–water partition coefficient (Wildman–Crippen LogP) is 1.95. The van der Waals surface area contributed by atoms with Crippen LogP contribution in [0.25, 0.3) is 22.3 Å². The number of nitrogens with one attached hydrogen (secondary N) is 1. The molecule has 0 saturated heterocycles. The number of carbonyl (C=O) groups is 2.